The second-order valence-corrected chi connectivity index (χ2v) is 9.48. The van der Waals surface area contributed by atoms with Crippen molar-refractivity contribution in [3.63, 3.8) is 0 Å². The van der Waals surface area contributed by atoms with Gasteiger partial charge in [-0.2, -0.15) is 0 Å². The smallest absolute Gasteiger partial charge is 0.322 e. The van der Waals surface area contributed by atoms with Crippen LogP contribution in [0.4, 0.5) is 9.18 Å². The molecule has 10 nitrogen and oxygen atoms in total. The number of nitrogens with zero attached hydrogens (tertiary/aromatic N) is 2. The lowest BCUT2D eigenvalue weighted by molar-refractivity contribution is -0.135. The number of aliphatic hydroxyl groups excluding tert-OH is 1. The molecule has 0 bridgehead atoms. The number of hydrogen-bond acceptors (Lipinski definition) is 6. The van der Waals surface area contributed by atoms with Gasteiger partial charge in [0.25, 0.3) is 11.8 Å². The van der Waals surface area contributed by atoms with Gasteiger partial charge in [0.15, 0.2) is 17.2 Å². The number of rotatable bonds is 4. The van der Waals surface area contributed by atoms with Crippen LogP contribution in [0, 0.1) is 17.7 Å². The predicted molar refractivity (Wildman–Crippen MR) is 114 cm³/mol. The molecule has 33 heavy (non-hydrogen) atoms. The Kier molecular flexibility index (Phi) is 5.36. The second-order valence-electron chi connectivity index (χ2n) is 8.57. The zero-order valence-corrected chi connectivity index (χ0v) is 18.8. The Morgan fingerprint density at radius 2 is 2.00 bits per heavy atom. The summed E-state index contributed by atoms with van der Waals surface area (Å²) < 4.78 is 20.2. The molecule has 3 N–H and O–H groups in total. The normalized spacial score (nSPS) is 26.6. The van der Waals surface area contributed by atoms with Crippen LogP contribution in [0.15, 0.2) is 27.1 Å². The maximum atomic E-state index is 14.1. The fraction of sp³-hybridized carbons (Fsp3) is 0.429. The van der Waals surface area contributed by atoms with Crippen LogP contribution in [-0.4, -0.2) is 77.0 Å². The molecule has 1 aromatic carbocycles. The van der Waals surface area contributed by atoms with E-state index in [1.54, 1.807) is 11.0 Å². The van der Waals surface area contributed by atoms with Crippen LogP contribution in [0.25, 0.3) is 11.0 Å². The molecule has 3 saturated heterocycles. The number of urea groups is 1. The minimum atomic E-state index is -0.934. The molecule has 3 aliphatic heterocycles. The number of furan rings is 1. The lowest BCUT2D eigenvalue weighted by Gasteiger charge is -2.28. The van der Waals surface area contributed by atoms with E-state index in [4.69, 9.17) is 4.42 Å². The topological polar surface area (TPSA) is 132 Å². The molecule has 3 aliphatic rings. The van der Waals surface area contributed by atoms with Gasteiger partial charge in [0.1, 0.15) is 6.04 Å². The monoisotopic (exact) mass is 522 g/mol. The van der Waals surface area contributed by atoms with Gasteiger partial charge in [-0.3, -0.25) is 19.7 Å². The van der Waals surface area contributed by atoms with E-state index in [-0.39, 0.29) is 48.0 Å². The van der Waals surface area contributed by atoms with Crippen molar-refractivity contribution in [3.8, 4) is 0 Å². The molecule has 0 spiro atoms. The molecule has 174 valence electrons. The summed E-state index contributed by atoms with van der Waals surface area (Å²) in [6.45, 7) is 0.695. The first-order valence-corrected chi connectivity index (χ1v) is 11.2. The first kappa shape index (κ1) is 21.8. The highest BCUT2D eigenvalue weighted by Crippen LogP contribution is 2.38. The highest BCUT2D eigenvalue weighted by atomic mass is 79.9. The van der Waals surface area contributed by atoms with Crippen LogP contribution in [0.1, 0.15) is 17.0 Å². The molecule has 5 rings (SSSR count). The van der Waals surface area contributed by atoms with Gasteiger partial charge in [-0.25, -0.2) is 9.18 Å². The number of likely N-dealkylation sites (tertiary alicyclic amines) is 2. The summed E-state index contributed by atoms with van der Waals surface area (Å²) in [7, 11) is 0. The van der Waals surface area contributed by atoms with Crippen LogP contribution in [0.5, 0.6) is 0 Å². The van der Waals surface area contributed by atoms with Crippen molar-refractivity contribution in [3.05, 3.63) is 34.2 Å². The van der Waals surface area contributed by atoms with E-state index in [9.17, 15) is 28.7 Å². The molecular formula is C21H20BrFN4O6. The summed E-state index contributed by atoms with van der Waals surface area (Å²) in [6, 6.07) is 2.34. The molecule has 12 heteroatoms. The predicted octanol–water partition coefficient (Wildman–Crippen LogP) is 0.824. The van der Waals surface area contributed by atoms with E-state index in [0.29, 0.717) is 29.5 Å². The maximum Gasteiger partial charge on any atom is 0.322 e. The van der Waals surface area contributed by atoms with Crippen molar-refractivity contribution in [2.75, 3.05) is 26.2 Å². The van der Waals surface area contributed by atoms with Crippen molar-refractivity contribution in [2.24, 2.45) is 11.8 Å². The third-order valence-corrected chi connectivity index (χ3v) is 7.05. The number of benzene rings is 1. The zero-order chi connectivity index (χ0) is 23.4. The van der Waals surface area contributed by atoms with E-state index in [1.165, 1.54) is 17.0 Å². The molecule has 2 aromatic rings. The second kappa shape index (κ2) is 8.10. The van der Waals surface area contributed by atoms with Crippen LogP contribution >= 0.6 is 15.9 Å². The molecule has 0 radical (unpaired) electrons. The van der Waals surface area contributed by atoms with Gasteiger partial charge < -0.3 is 24.6 Å². The Morgan fingerprint density at radius 3 is 2.70 bits per heavy atom. The number of carbonyl (C=O) groups excluding carboxylic acids is 4. The van der Waals surface area contributed by atoms with Gasteiger partial charge in [-0.1, -0.05) is 15.9 Å². The SMILES string of the molecule is O=C1NC(=O)C(CC(=O)N2CC3CN(C(=O)c4cc5cc(Br)cc(F)c5o4)CC3C2CO)N1. The molecular weight excluding hydrogens is 503 g/mol. The van der Waals surface area contributed by atoms with Gasteiger partial charge in [0, 0.05) is 41.3 Å². The largest absolute Gasteiger partial charge is 0.448 e. The minimum Gasteiger partial charge on any atom is -0.448 e. The number of imide groups is 1. The number of fused-ring (bicyclic) bond motifs is 2. The van der Waals surface area contributed by atoms with Crippen molar-refractivity contribution < 1.29 is 33.1 Å². The molecule has 4 atom stereocenters. The fourth-order valence-electron chi connectivity index (χ4n) is 5.06. The average Bonchev–Trinajstić information content (AvgIpc) is 3.49. The van der Waals surface area contributed by atoms with E-state index in [2.05, 4.69) is 26.6 Å². The van der Waals surface area contributed by atoms with E-state index < -0.39 is 29.8 Å². The number of aliphatic hydroxyl groups is 1. The van der Waals surface area contributed by atoms with Gasteiger partial charge in [0.2, 0.25) is 5.91 Å². The summed E-state index contributed by atoms with van der Waals surface area (Å²) in [5, 5.41) is 14.9. The molecule has 5 amide bonds. The highest BCUT2D eigenvalue weighted by molar-refractivity contribution is 9.10. The zero-order valence-electron chi connectivity index (χ0n) is 17.2. The molecule has 0 aliphatic carbocycles. The average molecular weight is 523 g/mol. The molecule has 1 aromatic heterocycles. The Labute approximate surface area is 195 Å². The first-order valence-electron chi connectivity index (χ1n) is 10.4. The lowest BCUT2D eigenvalue weighted by atomic mass is 9.94. The number of hydrogen-bond donors (Lipinski definition) is 3. The van der Waals surface area contributed by atoms with Crippen LogP contribution in [0.2, 0.25) is 0 Å². The van der Waals surface area contributed by atoms with Crippen molar-refractivity contribution in [2.45, 2.75) is 18.5 Å². The molecule has 4 unspecified atom stereocenters. The van der Waals surface area contributed by atoms with Crippen LogP contribution in [0.3, 0.4) is 0 Å². The fourth-order valence-corrected chi connectivity index (χ4v) is 5.51. The highest BCUT2D eigenvalue weighted by Gasteiger charge is 2.50. The van der Waals surface area contributed by atoms with Gasteiger partial charge in [-0.05, 0) is 18.2 Å². The maximum absolute atomic E-state index is 14.1. The molecule has 0 saturated carbocycles. The van der Waals surface area contributed by atoms with Crippen molar-refractivity contribution >= 4 is 50.7 Å². The standard InChI is InChI=1S/C21H20BrFN4O6/c22-11-1-9-2-16(33-18(9)13(23)3-11)20(31)26-5-10-6-27(15(8-28)12(10)7-26)17(29)4-14-19(30)25-21(32)24-14/h1-3,10,12,14-15,28H,4-8H2,(H2,24,25,30,32). The minimum absolute atomic E-state index is 0.00832. The number of halogens is 2. The summed E-state index contributed by atoms with van der Waals surface area (Å²) in [6.07, 6.45) is -0.198. The summed E-state index contributed by atoms with van der Waals surface area (Å²) >= 11 is 3.22. The van der Waals surface area contributed by atoms with Crippen LogP contribution in [-0.2, 0) is 9.59 Å². The number of nitrogens with one attached hydrogen (secondary N) is 2. The van der Waals surface area contributed by atoms with Crippen LogP contribution < -0.4 is 10.6 Å². The first-order chi connectivity index (χ1) is 15.7. The number of amides is 5. The summed E-state index contributed by atoms with van der Waals surface area (Å²) in [4.78, 5) is 52.0. The van der Waals surface area contributed by atoms with Gasteiger partial charge >= 0.3 is 6.03 Å². The lowest BCUT2D eigenvalue weighted by Crippen LogP contribution is -2.45. The molecule has 3 fully saturated rings. The molecule has 4 heterocycles. The van der Waals surface area contributed by atoms with Crippen molar-refractivity contribution in [1.82, 2.24) is 20.4 Å². The van der Waals surface area contributed by atoms with E-state index in [0.717, 1.165) is 0 Å². The Hall–Kier alpha value is -2.99. The van der Waals surface area contributed by atoms with Gasteiger partial charge in [-0.15, -0.1) is 0 Å². The Balaban J connectivity index is 1.28. The van der Waals surface area contributed by atoms with Gasteiger partial charge in [0.05, 0.1) is 19.1 Å². The Bertz CT molecular complexity index is 1180. The Morgan fingerprint density at radius 1 is 1.21 bits per heavy atom. The van der Waals surface area contributed by atoms with E-state index in [1.807, 2.05) is 0 Å². The summed E-state index contributed by atoms with van der Waals surface area (Å²) in [5.74, 6) is -2.03. The van der Waals surface area contributed by atoms with E-state index >= 15 is 0 Å². The van der Waals surface area contributed by atoms with Crippen molar-refractivity contribution in [1.29, 1.82) is 0 Å². The third-order valence-electron chi connectivity index (χ3n) is 6.60. The number of carbonyl (C=O) groups is 4. The third kappa shape index (κ3) is 3.76. The summed E-state index contributed by atoms with van der Waals surface area (Å²) in [5.41, 5.74) is 0.00832. The quantitative estimate of drug-likeness (QED) is 0.509.